The Kier molecular flexibility index (Phi) is 5.89. The predicted molar refractivity (Wildman–Crippen MR) is 78.3 cm³/mol. The monoisotopic (exact) mass is 250 g/mol. The Labute approximate surface area is 111 Å². The highest BCUT2D eigenvalue weighted by atomic mass is 15.3. The molecule has 0 spiro atoms. The third-order valence-electron chi connectivity index (χ3n) is 2.55. The Morgan fingerprint density at radius 1 is 1.17 bits per heavy atom. The second-order valence-corrected chi connectivity index (χ2v) is 4.98. The van der Waals surface area contributed by atoms with E-state index in [4.69, 9.17) is 0 Å². The SMILES string of the molecule is CCCN(CCC)c1nc(C)cc(NC(C)C)n1. The van der Waals surface area contributed by atoms with Crippen LogP contribution >= 0.6 is 0 Å². The number of nitrogens with one attached hydrogen (secondary N) is 1. The van der Waals surface area contributed by atoms with Gasteiger partial charge in [0.2, 0.25) is 5.95 Å². The molecule has 0 aliphatic rings. The Bertz CT molecular complexity index is 357. The van der Waals surface area contributed by atoms with Crippen LogP contribution in [-0.4, -0.2) is 29.1 Å². The molecular weight excluding hydrogens is 224 g/mol. The fourth-order valence-corrected chi connectivity index (χ4v) is 1.92. The number of anilines is 2. The van der Waals surface area contributed by atoms with Gasteiger partial charge in [0.05, 0.1) is 0 Å². The van der Waals surface area contributed by atoms with Crippen LogP contribution in [0, 0.1) is 6.92 Å². The van der Waals surface area contributed by atoms with Crippen molar-refractivity contribution in [2.75, 3.05) is 23.3 Å². The highest BCUT2D eigenvalue weighted by Crippen LogP contribution is 2.15. The van der Waals surface area contributed by atoms with Crippen molar-refractivity contribution in [2.24, 2.45) is 0 Å². The Morgan fingerprint density at radius 2 is 1.78 bits per heavy atom. The summed E-state index contributed by atoms with van der Waals surface area (Å²) in [5.74, 6) is 1.77. The minimum absolute atomic E-state index is 0.387. The first-order chi connectivity index (χ1) is 8.56. The molecule has 1 rings (SSSR count). The van der Waals surface area contributed by atoms with Gasteiger partial charge in [-0.05, 0) is 33.6 Å². The first-order valence-electron chi connectivity index (χ1n) is 6.94. The van der Waals surface area contributed by atoms with Crippen LogP contribution in [0.4, 0.5) is 11.8 Å². The topological polar surface area (TPSA) is 41.1 Å². The second-order valence-electron chi connectivity index (χ2n) is 4.98. The fourth-order valence-electron chi connectivity index (χ4n) is 1.92. The Balaban J connectivity index is 2.94. The highest BCUT2D eigenvalue weighted by Gasteiger charge is 2.10. The van der Waals surface area contributed by atoms with Gasteiger partial charge in [-0.15, -0.1) is 0 Å². The molecule has 1 heterocycles. The van der Waals surface area contributed by atoms with Gasteiger partial charge in [-0.3, -0.25) is 0 Å². The maximum absolute atomic E-state index is 4.62. The molecule has 0 saturated carbocycles. The summed E-state index contributed by atoms with van der Waals surface area (Å²) in [4.78, 5) is 11.4. The molecule has 0 saturated heterocycles. The lowest BCUT2D eigenvalue weighted by molar-refractivity contribution is 0.718. The number of aromatic nitrogens is 2. The van der Waals surface area contributed by atoms with Gasteiger partial charge in [-0.2, -0.15) is 4.98 Å². The average Bonchev–Trinajstić information content (AvgIpc) is 2.27. The van der Waals surface area contributed by atoms with Gasteiger partial charge in [-0.1, -0.05) is 13.8 Å². The number of rotatable bonds is 7. The first-order valence-corrected chi connectivity index (χ1v) is 6.94. The van der Waals surface area contributed by atoms with Crippen molar-refractivity contribution >= 4 is 11.8 Å². The molecule has 102 valence electrons. The molecule has 18 heavy (non-hydrogen) atoms. The van der Waals surface area contributed by atoms with Crippen LogP contribution in [0.1, 0.15) is 46.2 Å². The summed E-state index contributed by atoms with van der Waals surface area (Å²) >= 11 is 0. The van der Waals surface area contributed by atoms with E-state index in [1.807, 2.05) is 13.0 Å². The van der Waals surface area contributed by atoms with Crippen molar-refractivity contribution in [3.63, 3.8) is 0 Å². The second kappa shape index (κ2) is 7.19. The van der Waals surface area contributed by atoms with Gasteiger partial charge >= 0.3 is 0 Å². The van der Waals surface area contributed by atoms with Crippen molar-refractivity contribution in [3.05, 3.63) is 11.8 Å². The summed E-state index contributed by atoms with van der Waals surface area (Å²) < 4.78 is 0. The van der Waals surface area contributed by atoms with Crippen LogP contribution in [0.3, 0.4) is 0 Å². The molecule has 0 bridgehead atoms. The zero-order chi connectivity index (χ0) is 13.5. The van der Waals surface area contributed by atoms with Gasteiger partial charge in [0.25, 0.3) is 0 Å². The van der Waals surface area contributed by atoms with Crippen molar-refractivity contribution in [3.8, 4) is 0 Å². The molecule has 0 atom stereocenters. The molecule has 4 heteroatoms. The predicted octanol–water partition coefficient (Wildman–Crippen LogP) is 3.23. The van der Waals surface area contributed by atoms with E-state index in [1.165, 1.54) is 0 Å². The molecule has 4 nitrogen and oxygen atoms in total. The molecule has 0 aliphatic carbocycles. The van der Waals surface area contributed by atoms with Crippen LogP contribution in [0.15, 0.2) is 6.07 Å². The van der Waals surface area contributed by atoms with Gasteiger partial charge < -0.3 is 10.2 Å². The summed E-state index contributed by atoms with van der Waals surface area (Å²) in [6.07, 6.45) is 2.23. The van der Waals surface area contributed by atoms with Crippen molar-refractivity contribution in [1.82, 2.24) is 9.97 Å². The lowest BCUT2D eigenvalue weighted by atomic mass is 10.3. The van der Waals surface area contributed by atoms with E-state index in [0.717, 1.165) is 43.4 Å². The van der Waals surface area contributed by atoms with Crippen molar-refractivity contribution in [1.29, 1.82) is 0 Å². The van der Waals surface area contributed by atoms with Crippen LogP contribution in [0.25, 0.3) is 0 Å². The normalized spacial score (nSPS) is 10.8. The number of aryl methyl sites for hydroxylation is 1. The minimum Gasteiger partial charge on any atom is -0.368 e. The summed E-state index contributed by atoms with van der Waals surface area (Å²) in [7, 11) is 0. The van der Waals surface area contributed by atoms with E-state index >= 15 is 0 Å². The fraction of sp³-hybridized carbons (Fsp3) is 0.714. The van der Waals surface area contributed by atoms with Crippen LogP contribution in [-0.2, 0) is 0 Å². The molecule has 1 aromatic heterocycles. The highest BCUT2D eigenvalue weighted by molar-refractivity contribution is 5.44. The molecule has 0 unspecified atom stereocenters. The molecule has 0 radical (unpaired) electrons. The van der Waals surface area contributed by atoms with Gasteiger partial charge in [0.15, 0.2) is 0 Å². The molecule has 1 aromatic rings. The molecule has 0 aliphatic heterocycles. The van der Waals surface area contributed by atoms with E-state index in [0.29, 0.717) is 6.04 Å². The first kappa shape index (κ1) is 14.7. The minimum atomic E-state index is 0.387. The quantitative estimate of drug-likeness (QED) is 0.806. The van der Waals surface area contributed by atoms with E-state index in [9.17, 15) is 0 Å². The van der Waals surface area contributed by atoms with E-state index in [2.05, 4.69) is 47.9 Å². The molecule has 0 amide bonds. The van der Waals surface area contributed by atoms with E-state index < -0.39 is 0 Å². The zero-order valence-corrected chi connectivity index (χ0v) is 12.3. The summed E-state index contributed by atoms with van der Waals surface area (Å²) in [5, 5.41) is 3.35. The number of hydrogen-bond acceptors (Lipinski definition) is 4. The number of nitrogens with zero attached hydrogens (tertiary/aromatic N) is 3. The Morgan fingerprint density at radius 3 is 2.28 bits per heavy atom. The molecular formula is C14H26N4. The summed E-state index contributed by atoms with van der Waals surface area (Å²) in [6, 6.07) is 2.39. The standard InChI is InChI=1S/C14H26N4/c1-6-8-18(9-7-2)14-16-12(5)10-13(17-14)15-11(3)4/h10-11H,6-9H2,1-5H3,(H,15,16,17). The third kappa shape index (κ3) is 4.51. The van der Waals surface area contributed by atoms with Crippen LogP contribution < -0.4 is 10.2 Å². The van der Waals surface area contributed by atoms with Crippen molar-refractivity contribution in [2.45, 2.75) is 53.5 Å². The zero-order valence-electron chi connectivity index (χ0n) is 12.3. The maximum atomic E-state index is 4.62. The van der Waals surface area contributed by atoms with Gasteiger partial charge in [0.1, 0.15) is 5.82 Å². The third-order valence-corrected chi connectivity index (χ3v) is 2.55. The maximum Gasteiger partial charge on any atom is 0.227 e. The largest absolute Gasteiger partial charge is 0.368 e. The molecule has 0 fully saturated rings. The lowest BCUT2D eigenvalue weighted by Crippen LogP contribution is -2.27. The van der Waals surface area contributed by atoms with Gasteiger partial charge in [0, 0.05) is 30.9 Å². The smallest absolute Gasteiger partial charge is 0.227 e. The average molecular weight is 250 g/mol. The summed E-state index contributed by atoms with van der Waals surface area (Å²) in [5.41, 5.74) is 1.01. The van der Waals surface area contributed by atoms with Crippen LogP contribution in [0.2, 0.25) is 0 Å². The van der Waals surface area contributed by atoms with E-state index in [-0.39, 0.29) is 0 Å². The Hall–Kier alpha value is -1.32. The summed E-state index contributed by atoms with van der Waals surface area (Å²) in [6.45, 7) is 12.7. The van der Waals surface area contributed by atoms with Crippen molar-refractivity contribution < 1.29 is 0 Å². The molecule has 1 N–H and O–H groups in total. The van der Waals surface area contributed by atoms with E-state index in [1.54, 1.807) is 0 Å². The lowest BCUT2D eigenvalue weighted by Gasteiger charge is -2.22. The van der Waals surface area contributed by atoms with Crippen LogP contribution in [0.5, 0.6) is 0 Å². The van der Waals surface area contributed by atoms with Gasteiger partial charge in [-0.25, -0.2) is 4.98 Å². The molecule has 0 aromatic carbocycles. The number of hydrogen-bond donors (Lipinski definition) is 1.